The molecule has 1 fully saturated rings. The average Bonchev–Trinajstić information content (AvgIpc) is 3.59. The van der Waals surface area contributed by atoms with Crippen LogP contribution >= 0.6 is 0 Å². The van der Waals surface area contributed by atoms with Gasteiger partial charge in [0.2, 0.25) is 5.75 Å². The zero-order chi connectivity index (χ0) is 32.4. The van der Waals surface area contributed by atoms with Gasteiger partial charge in [0.05, 0.1) is 40.3 Å². The van der Waals surface area contributed by atoms with Crippen molar-refractivity contribution in [3.05, 3.63) is 53.7 Å². The van der Waals surface area contributed by atoms with Gasteiger partial charge in [0.25, 0.3) is 0 Å². The zero-order valence-corrected chi connectivity index (χ0v) is 25.3. The summed E-state index contributed by atoms with van der Waals surface area (Å²) in [6, 6.07) is 12.6. The lowest BCUT2D eigenvalue weighted by Gasteiger charge is -2.26. The maximum Gasteiger partial charge on any atom is 0.336 e. The Kier molecular flexibility index (Phi) is 12.0. The van der Waals surface area contributed by atoms with E-state index < -0.39 is 36.4 Å². The SMILES string of the molecule is COc1ccc(CN(Cc2cn(C)c3ccccc23)CC2CCCO2)c(OC)c1OC.O=C(O)CC(O)(CC(=O)O)C(=O)O. The normalized spacial score (nSPS) is 14.6. The number of fused-ring (bicyclic) bond motifs is 1. The molecular formula is C31H40N2O11. The van der Waals surface area contributed by atoms with Crippen molar-refractivity contribution in [3.8, 4) is 17.2 Å². The van der Waals surface area contributed by atoms with Crippen LogP contribution in [0.3, 0.4) is 0 Å². The zero-order valence-electron chi connectivity index (χ0n) is 25.3. The van der Waals surface area contributed by atoms with E-state index >= 15 is 0 Å². The summed E-state index contributed by atoms with van der Waals surface area (Å²) in [5.74, 6) is -3.00. The van der Waals surface area contributed by atoms with Crippen LogP contribution in [0.1, 0.15) is 36.8 Å². The first-order chi connectivity index (χ1) is 20.9. The number of nitrogens with zero attached hydrogens (tertiary/aromatic N) is 2. The molecule has 1 aromatic heterocycles. The molecule has 13 heteroatoms. The first kappa shape index (κ1) is 34.2. The highest BCUT2D eigenvalue weighted by atomic mass is 16.5. The van der Waals surface area contributed by atoms with Gasteiger partial charge in [-0.3, -0.25) is 14.5 Å². The molecule has 0 aliphatic carbocycles. The quantitative estimate of drug-likeness (QED) is 0.208. The molecule has 1 unspecified atom stereocenters. The van der Waals surface area contributed by atoms with E-state index in [1.165, 1.54) is 16.5 Å². The molecule has 4 N–H and O–H groups in total. The van der Waals surface area contributed by atoms with E-state index in [-0.39, 0.29) is 6.10 Å². The number of benzene rings is 2. The fraction of sp³-hybridized carbons (Fsp3) is 0.452. The summed E-state index contributed by atoms with van der Waals surface area (Å²) in [6.45, 7) is 3.29. The number of carboxylic acids is 3. The predicted octanol–water partition coefficient (Wildman–Crippen LogP) is 3.14. The first-order valence-electron chi connectivity index (χ1n) is 14.0. The number of aliphatic carboxylic acids is 3. The summed E-state index contributed by atoms with van der Waals surface area (Å²) in [5.41, 5.74) is 0.893. The van der Waals surface area contributed by atoms with Gasteiger partial charge in [-0.1, -0.05) is 24.3 Å². The number of carboxylic acid groups (broad SMARTS) is 3. The van der Waals surface area contributed by atoms with E-state index in [9.17, 15) is 14.4 Å². The van der Waals surface area contributed by atoms with E-state index in [0.29, 0.717) is 11.5 Å². The maximum absolute atomic E-state index is 10.3. The van der Waals surface area contributed by atoms with Crippen molar-refractivity contribution >= 4 is 28.8 Å². The second-order valence-electron chi connectivity index (χ2n) is 10.6. The second kappa shape index (κ2) is 15.4. The lowest BCUT2D eigenvalue weighted by molar-refractivity contribution is -0.170. The summed E-state index contributed by atoms with van der Waals surface area (Å²) in [5, 5.41) is 35.1. The molecule has 2 aromatic carbocycles. The van der Waals surface area contributed by atoms with Gasteiger partial charge in [-0.15, -0.1) is 0 Å². The summed E-state index contributed by atoms with van der Waals surface area (Å²) in [6.07, 6.45) is 2.45. The minimum atomic E-state index is -2.74. The minimum Gasteiger partial charge on any atom is -0.493 e. The van der Waals surface area contributed by atoms with Gasteiger partial charge >= 0.3 is 17.9 Å². The second-order valence-corrected chi connectivity index (χ2v) is 10.6. The van der Waals surface area contributed by atoms with Crippen LogP contribution in [0.25, 0.3) is 10.9 Å². The van der Waals surface area contributed by atoms with Crippen LogP contribution in [0.4, 0.5) is 0 Å². The predicted molar refractivity (Wildman–Crippen MR) is 159 cm³/mol. The molecule has 0 bridgehead atoms. The molecule has 0 saturated carbocycles. The van der Waals surface area contributed by atoms with Crippen LogP contribution in [-0.2, 0) is 39.3 Å². The Hall–Kier alpha value is -4.33. The fourth-order valence-electron chi connectivity index (χ4n) is 5.30. The van der Waals surface area contributed by atoms with Gasteiger partial charge in [-0.2, -0.15) is 0 Å². The summed E-state index contributed by atoms with van der Waals surface area (Å²) < 4.78 is 25.0. The Morgan fingerprint density at radius 1 is 0.932 bits per heavy atom. The van der Waals surface area contributed by atoms with Crippen LogP contribution < -0.4 is 14.2 Å². The Morgan fingerprint density at radius 2 is 1.57 bits per heavy atom. The third kappa shape index (κ3) is 8.62. The molecule has 2 heterocycles. The van der Waals surface area contributed by atoms with Crippen LogP contribution in [-0.4, -0.2) is 94.0 Å². The molecule has 1 aliphatic rings. The summed E-state index contributed by atoms with van der Waals surface area (Å²) in [7, 11) is 7.06. The number of rotatable bonds is 14. The van der Waals surface area contributed by atoms with E-state index in [2.05, 4.69) is 53.0 Å². The molecule has 4 rings (SSSR count). The molecule has 1 aliphatic heterocycles. The number of carbonyl (C=O) groups is 3. The number of aliphatic hydroxyl groups is 1. The monoisotopic (exact) mass is 616 g/mol. The molecule has 0 spiro atoms. The third-order valence-corrected chi connectivity index (χ3v) is 7.32. The Balaban J connectivity index is 0.000000345. The van der Waals surface area contributed by atoms with E-state index in [1.54, 1.807) is 21.3 Å². The number of ether oxygens (including phenoxy) is 4. The van der Waals surface area contributed by atoms with Crippen molar-refractivity contribution in [2.75, 3.05) is 34.5 Å². The maximum atomic E-state index is 10.3. The standard InChI is InChI=1S/C25H32N2O4.C6H8O7/c1-26-14-19(21-9-5-6-10-22(21)26)16-27(17-20-8-7-13-31-20)15-18-11-12-23(28-2)25(30-4)24(18)29-3;7-3(8)1-6(13,5(11)12)2-4(9)10/h5-6,9-12,14,20H,7-8,13,15-17H2,1-4H3;13H,1-2H2,(H,7,8)(H,9,10)(H,11,12). The lowest BCUT2D eigenvalue weighted by atomic mass is 9.96. The Labute approximate surface area is 255 Å². The highest BCUT2D eigenvalue weighted by Gasteiger charge is 2.40. The molecule has 13 nitrogen and oxygen atoms in total. The van der Waals surface area contributed by atoms with Crippen molar-refractivity contribution in [2.45, 2.75) is 50.5 Å². The van der Waals surface area contributed by atoms with Crippen molar-refractivity contribution in [1.82, 2.24) is 9.47 Å². The highest BCUT2D eigenvalue weighted by Crippen LogP contribution is 2.40. The largest absolute Gasteiger partial charge is 0.493 e. The number of para-hydroxylation sites is 1. The molecule has 0 radical (unpaired) electrons. The minimum absolute atomic E-state index is 0.265. The van der Waals surface area contributed by atoms with Gasteiger partial charge in [0, 0.05) is 56.0 Å². The lowest BCUT2D eigenvalue weighted by Crippen LogP contribution is -2.42. The van der Waals surface area contributed by atoms with E-state index in [4.69, 9.17) is 39.4 Å². The highest BCUT2D eigenvalue weighted by molar-refractivity contribution is 5.88. The topological polar surface area (TPSA) is 177 Å². The van der Waals surface area contributed by atoms with Gasteiger partial charge in [0.15, 0.2) is 17.1 Å². The number of methoxy groups -OCH3 is 3. The summed E-state index contributed by atoms with van der Waals surface area (Å²) in [4.78, 5) is 32.9. The van der Waals surface area contributed by atoms with Crippen molar-refractivity contribution < 1.29 is 53.8 Å². The van der Waals surface area contributed by atoms with Crippen molar-refractivity contribution in [2.24, 2.45) is 7.05 Å². The fourth-order valence-corrected chi connectivity index (χ4v) is 5.30. The van der Waals surface area contributed by atoms with E-state index in [0.717, 1.165) is 50.4 Å². The molecule has 44 heavy (non-hydrogen) atoms. The van der Waals surface area contributed by atoms with Crippen LogP contribution in [0.2, 0.25) is 0 Å². The molecular weight excluding hydrogens is 576 g/mol. The molecule has 1 saturated heterocycles. The van der Waals surface area contributed by atoms with Crippen molar-refractivity contribution in [1.29, 1.82) is 0 Å². The van der Waals surface area contributed by atoms with Crippen LogP contribution in [0, 0.1) is 0 Å². The van der Waals surface area contributed by atoms with Gasteiger partial charge in [-0.25, -0.2) is 4.79 Å². The summed E-state index contributed by atoms with van der Waals surface area (Å²) >= 11 is 0. The van der Waals surface area contributed by atoms with E-state index in [1.807, 2.05) is 6.07 Å². The smallest absolute Gasteiger partial charge is 0.336 e. The first-order valence-corrected chi connectivity index (χ1v) is 14.0. The van der Waals surface area contributed by atoms with Gasteiger partial charge in [0.1, 0.15) is 0 Å². The average molecular weight is 617 g/mol. The number of hydrogen-bond acceptors (Lipinski definition) is 9. The van der Waals surface area contributed by atoms with Crippen molar-refractivity contribution in [3.63, 3.8) is 0 Å². The van der Waals surface area contributed by atoms with Gasteiger partial charge < -0.3 is 43.9 Å². The number of hydrogen-bond donors (Lipinski definition) is 4. The molecule has 0 amide bonds. The number of aromatic nitrogens is 1. The van der Waals surface area contributed by atoms with Crippen LogP contribution in [0.15, 0.2) is 42.6 Å². The molecule has 3 aromatic rings. The number of aryl methyl sites for hydroxylation is 1. The molecule has 1 atom stereocenters. The third-order valence-electron chi connectivity index (χ3n) is 7.32. The van der Waals surface area contributed by atoms with Gasteiger partial charge in [-0.05, 0) is 30.5 Å². The molecule has 240 valence electrons. The van der Waals surface area contributed by atoms with Crippen LogP contribution in [0.5, 0.6) is 17.2 Å². The Bertz CT molecular complexity index is 1430. The Morgan fingerprint density at radius 3 is 2.11 bits per heavy atom.